The van der Waals surface area contributed by atoms with Crippen molar-refractivity contribution in [3.63, 3.8) is 0 Å². The van der Waals surface area contributed by atoms with Crippen molar-refractivity contribution < 1.29 is 0 Å². The maximum atomic E-state index is 4.66. The normalized spacial score (nSPS) is 25.9. The summed E-state index contributed by atoms with van der Waals surface area (Å²) in [5.74, 6) is 0.795. The lowest BCUT2D eigenvalue weighted by Gasteiger charge is -2.30. The molecule has 1 fully saturated rings. The van der Waals surface area contributed by atoms with Crippen LogP contribution in [0.1, 0.15) is 41.3 Å². The van der Waals surface area contributed by atoms with E-state index < -0.39 is 0 Å². The van der Waals surface area contributed by atoms with Gasteiger partial charge in [0.25, 0.3) is 0 Å². The lowest BCUT2D eigenvalue weighted by molar-refractivity contribution is 0.272. The average molecular weight is 238 g/mol. The molecule has 0 aliphatic heterocycles. The fourth-order valence-electron chi connectivity index (χ4n) is 2.68. The quantitative estimate of drug-likeness (QED) is 0.875. The van der Waals surface area contributed by atoms with E-state index in [2.05, 4.69) is 31.2 Å². The molecule has 0 radical (unpaired) electrons. The summed E-state index contributed by atoms with van der Waals surface area (Å²) in [5.41, 5.74) is 1.22. The van der Waals surface area contributed by atoms with Crippen molar-refractivity contribution >= 4 is 11.3 Å². The Kier molecular flexibility index (Phi) is 3.98. The minimum Gasteiger partial charge on any atom is -0.317 e. The molecular weight excluding hydrogens is 216 g/mol. The fourth-order valence-corrected chi connectivity index (χ4v) is 3.71. The number of aryl methyl sites for hydroxylation is 2. The van der Waals surface area contributed by atoms with E-state index in [9.17, 15) is 0 Å². The summed E-state index contributed by atoms with van der Waals surface area (Å²) in [6.45, 7) is 4.29. The molecule has 1 heterocycles. The molecule has 2 unspecified atom stereocenters. The van der Waals surface area contributed by atoms with Gasteiger partial charge in [-0.3, -0.25) is 0 Å². The van der Waals surface area contributed by atoms with Gasteiger partial charge >= 0.3 is 0 Å². The highest BCUT2D eigenvalue weighted by molar-refractivity contribution is 7.11. The third kappa shape index (κ3) is 2.64. The second-order valence-electron chi connectivity index (χ2n) is 4.89. The van der Waals surface area contributed by atoms with E-state index in [1.54, 1.807) is 0 Å². The van der Waals surface area contributed by atoms with Gasteiger partial charge in [0.15, 0.2) is 0 Å². The first-order valence-electron chi connectivity index (χ1n) is 6.31. The van der Waals surface area contributed by atoms with E-state index in [0.717, 1.165) is 5.92 Å². The molecule has 1 N–H and O–H groups in total. The zero-order chi connectivity index (χ0) is 11.5. The lowest BCUT2D eigenvalue weighted by Crippen LogP contribution is -2.37. The molecule has 90 valence electrons. The SMILES string of the molecule is CNC1CCCCC1Cc1nc(C)c(C)s1. The number of rotatable bonds is 3. The topological polar surface area (TPSA) is 24.9 Å². The minimum atomic E-state index is 0.707. The summed E-state index contributed by atoms with van der Waals surface area (Å²) in [4.78, 5) is 6.05. The standard InChI is InChI=1S/C13H22N2S/c1-9-10(2)16-13(15-9)8-11-6-4-5-7-12(11)14-3/h11-12,14H,4-8H2,1-3H3. The molecule has 1 saturated carbocycles. The van der Waals surface area contributed by atoms with Crippen molar-refractivity contribution in [3.8, 4) is 0 Å². The molecule has 0 bridgehead atoms. The van der Waals surface area contributed by atoms with Gasteiger partial charge in [-0.05, 0) is 39.7 Å². The van der Waals surface area contributed by atoms with Gasteiger partial charge in [-0.25, -0.2) is 4.98 Å². The van der Waals surface area contributed by atoms with Crippen molar-refractivity contribution in [1.29, 1.82) is 0 Å². The monoisotopic (exact) mass is 238 g/mol. The van der Waals surface area contributed by atoms with E-state index in [1.807, 2.05) is 11.3 Å². The molecule has 1 aromatic rings. The number of nitrogens with one attached hydrogen (secondary N) is 1. The van der Waals surface area contributed by atoms with Gasteiger partial charge in [0.1, 0.15) is 0 Å². The Balaban J connectivity index is 2.02. The van der Waals surface area contributed by atoms with Crippen LogP contribution in [0, 0.1) is 19.8 Å². The molecule has 0 spiro atoms. The first-order chi connectivity index (χ1) is 7.70. The Morgan fingerprint density at radius 1 is 1.31 bits per heavy atom. The molecule has 0 saturated heterocycles. The molecule has 1 aromatic heterocycles. The average Bonchev–Trinajstić information content (AvgIpc) is 2.59. The molecule has 0 amide bonds. The first-order valence-corrected chi connectivity index (χ1v) is 7.12. The van der Waals surface area contributed by atoms with E-state index in [0.29, 0.717) is 6.04 Å². The van der Waals surface area contributed by atoms with Crippen LogP contribution in [0.4, 0.5) is 0 Å². The van der Waals surface area contributed by atoms with E-state index in [1.165, 1.54) is 47.7 Å². The van der Waals surface area contributed by atoms with Crippen molar-refractivity contribution in [2.75, 3.05) is 7.05 Å². The van der Waals surface area contributed by atoms with Gasteiger partial charge in [0, 0.05) is 17.3 Å². The van der Waals surface area contributed by atoms with Crippen molar-refractivity contribution in [2.45, 2.75) is 52.0 Å². The zero-order valence-corrected chi connectivity index (χ0v) is 11.4. The minimum absolute atomic E-state index is 0.707. The molecular formula is C13H22N2S. The number of hydrogen-bond donors (Lipinski definition) is 1. The number of thiazole rings is 1. The summed E-state index contributed by atoms with van der Waals surface area (Å²) < 4.78 is 0. The molecule has 2 rings (SSSR count). The largest absolute Gasteiger partial charge is 0.317 e. The van der Waals surface area contributed by atoms with Crippen LogP contribution in [-0.2, 0) is 6.42 Å². The van der Waals surface area contributed by atoms with Crippen LogP contribution in [0.2, 0.25) is 0 Å². The highest BCUT2D eigenvalue weighted by Gasteiger charge is 2.24. The van der Waals surface area contributed by atoms with Crippen LogP contribution in [-0.4, -0.2) is 18.1 Å². The molecule has 2 nitrogen and oxygen atoms in total. The van der Waals surface area contributed by atoms with E-state index in [4.69, 9.17) is 0 Å². The maximum absolute atomic E-state index is 4.66. The number of nitrogens with zero attached hydrogens (tertiary/aromatic N) is 1. The Morgan fingerprint density at radius 3 is 2.69 bits per heavy atom. The van der Waals surface area contributed by atoms with Gasteiger partial charge in [-0.15, -0.1) is 11.3 Å². The van der Waals surface area contributed by atoms with Gasteiger partial charge in [0.2, 0.25) is 0 Å². The summed E-state index contributed by atoms with van der Waals surface area (Å²) >= 11 is 1.88. The molecule has 2 atom stereocenters. The van der Waals surface area contributed by atoms with Crippen LogP contribution in [0.3, 0.4) is 0 Å². The van der Waals surface area contributed by atoms with Crippen LogP contribution in [0.25, 0.3) is 0 Å². The fraction of sp³-hybridized carbons (Fsp3) is 0.769. The molecule has 1 aliphatic carbocycles. The number of hydrogen-bond acceptors (Lipinski definition) is 3. The van der Waals surface area contributed by atoms with Crippen molar-refractivity contribution in [1.82, 2.24) is 10.3 Å². The summed E-state index contributed by atoms with van der Waals surface area (Å²) in [6.07, 6.45) is 6.66. The van der Waals surface area contributed by atoms with Crippen molar-refractivity contribution in [3.05, 3.63) is 15.6 Å². The third-order valence-electron chi connectivity index (χ3n) is 3.79. The Labute approximate surface area is 102 Å². The molecule has 3 heteroatoms. The molecule has 1 aliphatic rings. The highest BCUT2D eigenvalue weighted by Crippen LogP contribution is 2.29. The maximum Gasteiger partial charge on any atom is 0.0934 e. The highest BCUT2D eigenvalue weighted by atomic mass is 32.1. The predicted octanol–water partition coefficient (Wildman–Crippen LogP) is 3.08. The zero-order valence-electron chi connectivity index (χ0n) is 10.5. The predicted molar refractivity (Wildman–Crippen MR) is 70.1 cm³/mol. The number of aromatic nitrogens is 1. The molecule has 16 heavy (non-hydrogen) atoms. The summed E-state index contributed by atoms with van der Waals surface area (Å²) in [5, 5.41) is 4.81. The Bertz CT molecular complexity index is 326. The van der Waals surface area contributed by atoms with Gasteiger partial charge in [-0.1, -0.05) is 12.8 Å². The van der Waals surface area contributed by atoms with Crippen LogP contribution < -0.4 is 5.32 Å². The van der Waals surface area contributed by atoms with Crippen LogP contribution >= 0.6 is 11.3 Å². The van der Waals surface area contributed by atoms with E-state index >= 15 is 0 Å². The third-order valence-corrected chi connectivity index (χ3v) is 4.88. The first kappa shape index (κ1) is 12.1. The van der Waals surface area contributed by atoms with Gasteiger partial charge < -0.3 is 5.32 Å². The van der Waals surface area contributed by atoms with Crippen molar-refractivity contribution in [2.24, 2.45) is 5.92 Å². The summed E-state index contributed by atoms with van der Waals surface area (Å²) in [7, 11) is 2.10. The lowest BCUT2D eigenvalue weighted by atomic mass is 9.83. The second kappa shape index (κ2) is 5.28. The summed E-state index contributed by atoms with van der Waals surface area (Å²) in [6, 6.07) is 0.707. The van der Waals surface area contributed by atoms with Gasteiger partial charge in [-0.2, -0.15) is 0 Å². The van der Waals surface area contributed by atoms with E-state index in [-0.39, 0.29) is 0 Å². The van der Waals surface area contributed by atoms with Crippen LogP contribution in [0.5, 0.6) is 0 Å². The van der Waals surface area contributed by atoms with Gasteiger partial charge in [0.05, 0.1) is 10.7 Å². The van der Waals surface area contributed by atoms with Crippen LogP contribution in [0.15, 0.2) is 0 Å². The second-order valence-corrected chi connectivity index (χ2v) is 6.18. The Morgan fingerprint density at radius 2 is 2.06 bits per heavy atom. The Hall–Kier alpha value is -0.410. The smallest absolute Gasteiger partial charge is 0.0934 e. The molecule has 0 aromatic carbocycles.